The minimum atomic E-state index is -0.495. The van der Waals surface area contributed by atoms with E-state index in [0.29, 0.717) is 28.2 Å². The average Bonchev–Trinajstić information content (AvgIpc) is 2.82. The van der Waals surface area contributed by atoms with Crippen LogP contribution < -0.4 is 10.9 Å². The summed E-state index contributed by atoms with van der Waals surface area (Å²) in [6, 6.07) is 12.8. The number of benzene rings is 2. The average molecular weight is 482 g/mol. The first-order valence-electron chi connectivity index (χ1n) is 11.3. The molecule has 1 N–H and O–H groups in total. The smallest absolute Gasteiger partial charge is 0.337 e. The van der Waals surface area contributed by atoms with E-state index in [1.807, 2.05) is 52.0 Å². The van der Waals surface area contributed by atoms with Gasteiger partial charge in [-0.05, 0) is 43.0 Å². The SMILES string of the molecule is CC[C@H](NC(=O)CSc1nc2cc(C(=O)OC)ccc2c(=O)n1CC(C)C)c1ccc(C)cc1. The van der Waals surface area contributed by atoms with Crippen LogP contribution in [0, 0.1) is 12.8 Å². The molecule has 34 heavy (non-hydrogen) atoms. The molecule has 8 heteroatoms. The Kier molecular flexibility index (Phi) is 8.50. The number of aryl methyl sites for hydroxylation is 1. The lowest BCUT2D eigenvalue weighted by Crippen LogP contribution is -2.30. The van der Waals surface area contributed by atoms with Crippen LogP contribution in [0.1, 0.15) is 54.7 Å². The highest BCUT2D eigenvalue weighted by Gasteiger charge is 2.18. The van der Waals surface area contributed by atoms with E-state index in [0.717, 1.165) is 12.0 Å². The van der Waals surface area contributed by atoms with Crippen molar-refractivity contribution in [1.82, 2.24) is 14.9 Å². The van der Waals surface area contributed by atoms with Crippen molar-refractivity contribution in [2.45, 2.75) is 51.9 Å². The van der Waals surface area contributed by atoms with Gasteiger partial charge in [-0.3, -0.25) is 14.2 Å². The quantitative estimate of drug-likeness (QED) is 0.275. The van der Waals surface area contributed by atoms with Gasteiger partial charge in [-0.15, -0.1) is 0 Å². The molecule has 2 aromatic carbocycles. The number of thioether (sulfide) groups is 1. The first kappa shape index (κ1) is 25.5. The summed E-state index contributed by atoms with van der Waals surface area (Å²) in [4.78, 5) is 42.6. The number of aromatic nitrogens is 2. The maximum absolute atomic E-state index is 13.2. The first-order valence-corrected chi connectivity index (χ1v) is 12.3. The zero-order valence-electron chi connectivity index (χ0n) is 20.3. The molecule has 0 aliphatic carbocycles. The van der Waals surface area contributed by atoms with Gasteiger partial charge in [0.25, 0.3) is 5.56 Å². The molecular weight excluding hydrogens is 450 g/mol. The Hall–Kier alpha value is -3.13. The molecule has 1 atom stereocenters. The zero-order valence-corrected chi connectivity index (χ0v) is 21.1. The molecule has 0 unspecified atom stereocenters. The third kappa shape index (κ3) is 6.05. The van der Waals surface area contributed by atoms with Gasteiger partial charge in [-0.1, -0.05) is 62.4 Å². The Labute approximate surface area is 203 Å². The molecule has 3 rings (SSSR count). The van der Waals surface area contributed by atoms with Crippen molar-refractivity contribution in [1.29, 1.82) is 0 Å². The highest BCUT2D eigenvalue weighted by molar-refractivity contribution is 7.99. The summed E-state index contributed by atoms with van der Waals surface area (Å²) in [5.41, 5.74) is 2.76. The molecule has 180 valence electrons. The molecule has 0 bridgehead atoms. The van der Waals surface area contributed by atoms with Gasteiger partial charge in [0.2, 0.25) is 5.91 Å². The number of nitrogens with zero attached hydrogens (tertiary/aromatic N) is 2. The van der Waals surface area contributed by atoms with Gasteiger partial charge in [0.15, 0.2) is 5.16 Å². The predicted octanol–water partition coefficient (Wildman–Crippen LogP) is 4.51. The van der Waals surface area contributed by atoms with Crippen LogP contribution in [0.2, 0.25) is 0 Å². The van der Waals surface area contributed by atoms with Crippen LogP contribution in [-0.2, 0) is 16.1 Å². The van der Waals surface area contributed by atoms with E-state index in [-0.39, 0.29) is 29.2 Å². The van der Waals surface area contributed by atoms with Gasteiger partial charge in [0.1, 0.15) is 0 Å². The Balaban J connectivity index is 1.86. The van der Waals surface area contributed by atoms with E-state index in [1.165, 1.54) is 24.4 Å². The third-order valence-corrected chi connectivity index (χ3v) is 6.42. The van der Waals surface area contributed by atoms with E-state index >= 15 is 0 Å². The number of rotatable bonds is 9. The molecule has 1 heterocycles. The number of hydrogen-bond acceptors (Lipinski definition) is 6. The third-order valence-electron chi connectivity index (χ3n) is 5.44. The Morgan fingerprint density at radius 2 is 1.85 bits per heavy atom. The topological polar surface area (TPSA) is 90.3 Å². The fourth-order valence-electron chi connectivity index (χ4n) is 3.67. The van der Waals surface area contributed by atoms with Crippen LogP contribution in [0.5, 0.6) is 0 Å². The molecule has 0 saturated carbocycles. The molecule has 0 spiro atoms. The minimum Gasteiger partial charge on any atom is -0.465 e. The summed E-state index contributed by atoms with van der Waals surface area (Å²) in [7, 11) is 1.31. The molecular formula is C26H31N3O4S. The molecule has 0 aliphatic heterocycles. The molecule has 7 nitrogen and oxygen atoms in total. The number of fused-ring (bicyclic) bond motifs is 1. The van der Waals surface area contributed by atoms with Crippen molar-refractivity contribution in [2.24, 2.45) is 5.92 Å². The van der Waals surface area contributed by atoms with Gasteiger partial charge < -0.3 is 10.1 Å². The van der Waals surface area contributed by atoms with Crippen molar-refractivity contribution < 1.29 is 14.3 Å². The molecule has 0 aliphatic rings. The number of hydrogen-bond donors (Lipinski definition) is 1. The molecule has 3 aromatic rings. The largest absolute Gasteiger partial charge is 0.465 e. The van der Waals surface area contributed by atoms with Gasteiger partial charge in [-0.25, -0.2) is 9.78 Å². The second-order valence-corrected chi connectivity index (χ2v) is 9.60. The van der Waals surface area contributed by atoms with Crippen LogP contribution in [0.4, 0.5) is 0 Å². The Morgan fingerprint density at radius 1 is 1.15 bits per heavy atom. The number of carbonyl (C=O) groups excluding carboxylic acids is 2. The van der Waals surface area contributed by atoms with Crippen LogP contribution in [0.3, 0.4) is 0 Å². The number of methoxy groups -OCH3 is 1. The summed E-state index contributed by atoms with van der Waals surface area (Å²) < 4.78 is 6.39. The van der Waals surface area contributed by atoms with Gasteiger partial charge in [0, 0.05) is 6.54 Å². The summed E-state index contributed by atoms with van der Waals surface area (Å²) in [5, 5.41) is 3.95. The van der Waals surface area contributed by atoms with E-state index in [9.17, 15) is 14.4 Å². The summed E-state index contributed by atoms with van der Waals surface area (Å²) in [6.45, 7) is 8.58. The zero-order chi connectivity index (χ0) is 24.8. The monoisotopic (exact) mass is 481 g/mol. The van der Waals surface area contributed by atoms with Crippen LogP contribution in [-0.4, -0.2) is 34.3 Å². The molecule has 0 saturated heterocycles. The maximum atomic E-state index is 13.2. The van der Waals surface area contributed by atoms with Gasteiger partial charge in [-0.2, -0.15) is 0 Å². The van der Waals surface area contributed by atoms with Crippen LogP contribution >= 0.6 is 11.8 Å². The lowest BCUT2D eigenvalue weighted by Gasteiger charge is -2.18. The Bertz CT molecular complexity index is 1240. The number of amides is 1. The standard InChI is InChI=1S/C26H31N3O4S/c1-6-21(18-9-7-17(4)8-10-18)27-23(30)15-34-26-28-22-13-19(25(32)33-5)11-12-20(22)24(31)29(26)14-16(2)3/h7-13,16,21H,6,14-15H2,1-5H3,(H,27,30)/t21-/m0/s1. The second-order valence-electron chi connectivity index (χ2n) is 8.66. The maximum Gasteiger partial charge on any atom is 0.337 e. The Morgan fingerprint density at radius 3 is 2.47 bits per heavy atom. The van der Waals surface area contributed by atoms with E-state index < -0.39 is 5.97 Å². The van der Waals surface area contributed by atoms with Crippen molar-refractivity contribution in [3.63, 3.8) is 0 Å². The first-order chi connectivity index (χ1) is 16.2. The number of ether oxygens (including phenoxy) is 1. The van der Waals surface area contributed by atoms with Crippen LogP contribution in [0.15, 0.2) is 52.4 Å². The summed E-state index contributed by atoms with van der Waals surface area (Å²) >= 11 is 1.22. The van der Waals surface area contributed by atoms with E-state index in [4.69, 9.17) is 4.74 Å². The van der Waals surface area contributed by atoms with E-state index in [1.54, 1.807) is 22.8 Å². The summed E-state index contributed by atoms with van der Waals surface area (Å²) in [6.07, 6.45) is 0.766. The van der Waals surface area contributed by atoms with Gasteiger partial charge >= 0.3 is 5.97 Å². The fraction of sp³-hybridized carbons (Fsp3) is 0.385. The molecule has 1 aromatic heterocycles. The van der Waals surface area contributed by atoms with Gasteiger partial charge in [0.05, 0.1) is 35.4 Å². The highest BCUT2D eigenvalue weighted by atomic mass is 32.2. The number of esters is 1. The lowest BCUT2D eigenvalue weighted by molar-refractivity contribution is -0.119. The predicted molar refractivity (Wildman–Crippen MR) is 135 cm³/mol. The van der Waals surface area contributed by atoms with Crippen molar-refractivity contribution in [2.75, 3.05) is 12.9 Å². The number of nitrogens with one attached hydrogen (secondary N) is 1. The number of carbonyl (C=O) groups is 2. The van der Waals surface area contributed by atoms with Crippen molar-refractivity contribution in [3.05, 3.63) is 69.5 Å². The molecule has 0 fully saturated rings. The molecule has 1 amide bonds. The van der Waals surface area contributed by atoms with Crippen molar-refractivity contribution >= 4 is 34.5 Å². The van der Waals surface area contributed by atoms with Crippen molar-refractivity contribution in [3.8, 4) is 0 Å². The second kappa shape index (κ2) is 11.3. The normalized spacial score (nSPS) is 12.1. The highest BCUT2D eigenvalue weighted by Crippen LogP contribution is 2.22. The van der Waals surface area contributed by atoms with Crippen LogP contribution in [0.25, 0.3) is 10.9 Å². The minimum absolute atomic E-state index is 0.0845. The van der Waals surface area contributed by atoms with E-state index in [2.05, 4.69) is 10.3 Å². The molecule has 0 radical (unpaired) electrons. The lowest BCUT2D eigenvalue weighted by atomic mass is 10.0. The fourth-order valence-corrected chi connectivity index (χ4v) is 4.49. The summed E-state index contributed by atoms with van der Waals surface area (Å²) in [5.74, 6) is -0.295.